The third kappa shape index (κ3) is 2.65. The summed E-state index contributed by atoms with van der Waals surface area (Å²) in [5, 5.41) is 0. The second-order valence-electron chi connectivity index (χ2n) is 5.11. The molecule has 1 aromatic rings. The van der Waals surface area contributed by atoms with Crippen LogP contribution in [-0.4, -0.2) is 42.6 Å². The van der Waals surface area contributed by atoms with Gasteiger partial charge in [0.1, 0.15) is 5.82 Å². The van der Waals surface area contributed by atoms with E-state index in [1.807, 2.05) is 6.92 Å². The van der Waals surface area contributed by atoms with Crippen molar-refractivity contribution in [3.05, 3.63) is 23.4 Å². The van der Waals surface area contributed by atoms with Gasteiger partial charge in [-0.25, -0.2) is 4.98 Å². The minimum atomic E-state index is 0.569. The standard InChI is InChI=1S/C14H24N4/c1-4-13-10-18(8-7-17(13)3)14-6-5-12(9-15)11(2)16-14/h5-6,13H,4,7-10,15H2,1-3H3. The smallest absolute Gasteiger partial charge is 0.128 e. The first-order valence-electron chi connectivity index (χ1n) is 6.77. The highest BCUT2D eigenvalue weighted by Gasteiger charge is 2.23. The highest BCUT2D eigenvalue weighted by atomic mass is 15.3. The zero-order valence-corrected chi connectivity index (χ0v) is 11.7. The van der Waals surface area contributed by atoms with Gasteiger partial charge in [-0.3, -0.25) is 4.90 Å². The van der Waals surface area contributed by atoms with Crippen molar-refractivity contribution in [2.75, 3.05) is 31.6 Å². The Morgan fingerprint density at radius 1 is 1.39 bits per heavy atom. The number of hydrogen-bond donors (Lipinski definition) is 1. The molecular formula is C14H24N4. The number of piperazine rings is 1. The molecule has 1 aromatic heterocycles. The summed E-state index contributed by atoms with van der Waals surface area (Å²) in [6.45, 7) is 8.10. The first-order chi connectivity index (χ1) is 8.65. The molecule has 0 saturated carbocycles. The summed E-state index contributed by atoms with van der Waals surface area (Å²) in [4.78, 5) is 9.52. The molecule has 1 unspecified atom stereocenters. The minimum absolute atomic E-state index is 0.569. The predicted molar refractivity (Wildman–Crippen MR) is 75.8 cm³/mol. The molecule has 1 aliphatic rings. The Morgan fingerprint density at radius 3 is 2.78 bits per heavy atom. The van der Waals surface area contributed by atoms with Crippen LogP contribution in [0.5, 0.6) is 0 Å². The van der Waals surface area contributed by atoms with Gasteiger partial charge in [0.15, 0.2) is 0 Å². The fourth-order valence-corrected chi connectivity index (χ4v) is 2.56. The molecule has 18 heavy (non-hydrogen) atoms. The number of nitrogens with two attached hydrogens (primary N) is 1. The first kappa shape index (κ1) is 13.3. The van der Waals surface area contributed by atoms with Crippen molar-refractivity contribution in [1.29, 1.82) is 0 Å². The van der Waals surface area contributed by atoms with E-state index in [-0.39, 0.29) is 0 Å². The van der Waals surface area contributed by atoms with E-state index in [1.165, 1.54) is 6.42 Å². The molecule has 4 nitrogen and oxygen atoms in total. The molecule has 4 heteroatoms. The molecule has 2 heterocycles. The zero-order valence-electron chi connectivity index (χ0n) is 11.7. The number of likely N-dealkylation sites (N-methyl/N-ethyl adjacent to an activating group) is 1. The molecule has 0 aliphatic carbocycles. The Labute approximate surface area is 110 Å². The molecule has 1 atom stereocenters. The summed E-state index contributed by atoms with van der Waals surface area (Å²) in [6.07, 6.45) is 1.19. The lowest BCUT2D eigenvalue weighted by Crippen LogP contribution is -2.51. The van der Waals surface area contributed by atoms with E-state index in [2.05, 4.69) is 40.9 Å². The van der Waals surface area contributed by atoms with E-state index in [4.69, 9.17) is 5.73 Å². The summed E-state index contributed by atoms with van der Waals surface area (Å²) >= 11 is 0. The quantitative estimate of drug-likeness (QED) is 0.878. The second kappa shape index (κ2) is 5.67. The van der Waals surface area contributed by atoms with Crippen LogP contribution >= 0.6 is 0 Å². The van der Waals surface area contributed by atoms with Crippen LogP contribution < -0.4 is 10.6 Å². The first-order valence-corrected chi connectivity index (χ1v) is 6.77. The van der Waals surface area contributed by atoms with Crippen LogP contribution in [0.3, 0.4) is 0 Å². The van der Waals surface area contributed by atoms with Gasteiger partial charge in [0.2, 0.25) is 0 Å². The highest BCUT2D eigenvalue weighted by Crippen LogP contribution is 2.19. The Morgan fingerprint density at radius 2 is 2.17 bits per heavy atom. The molecule has 1 fully saturated rings. The third-order valence-electron chi connectivity index (χ3n) is 3.97. The number of rotatable bonds is 3. The second-order valence-corrected chi connectivity index (χ2v) is 5.11. The largest absolute Gasteiger partial charge is 0.354 e. The molecule has 0 aromatic carbocycles. The van der Waals surface area contributed by atoms with E-state index in [9.17, 15) is 0 Å². The average Bonchev–Trinajstić information content (AvgIpc) is 2.39. The summed E-state index contributed by atoms with van der Waals surface area (Å²) in [6, 6.07) is 4.85. The number of aryl methyl sites for hydroxylation is 1. The third-order valence-corrected chi connectivity index (χ3v) is 3.97. The van der Waals surface area contributed by atoms with Crippen molar-refractivity contribution in [3.63, 3.8) is 0 Å². The lowest BCUT2D eigenvalue weighted by atomic mass is 10.1. The van der Waals surface area contributed by atoms with E-state index in [0.717, 1.165) is 36.7 Å². The average molecular weight is 248 g/mol. The maximum atomic E-state index is 5.68. The highest BCUT2D eigenvalue weighted by molar-refractivity contribution is 5.42. The van der Waals surface area contributed by atoms with Gasteiger partial charge in [0.05, 0.1) is 0 Å². The molecule has 1 aliphatic heterocycles. The zero-order chi connectivity index (χ0) is 13.1. The van der Waals surface area contributed by atoms with Gasteiger partial charge < -0.3 is 10.6 Å². The fourth-order valence-electron chi connectivity index (χ4n) is 2.56. The molecular weight excluding hydrogens is 224 g/mol. The molecule has 2 rings (SSSR count). The van der Waals surface area contributed by atoms with Crippen LogP contribution in [0.1, 0.15) is 24.6 Å². The number of pyridine rings is 1. The SMILES string of the molecule is CCC1CN(c2ccc(CN)c(C)n2)CCN1C. The Bertz CT molecular complexity index is 405. The van der Waals surface area contributed by atoms with Gasteiger partial charge in [-0.2, -0.15) is 0 Å². The summed E-state index contributed by atoms with van der Waals surface area (Å²) < 4.78 is 0. The van der Waals surface area contributed by atoms with Crippen molar-refractivity contribution in [3.8, 4) is 0 Å². The van der Waals surface area contributed by atoms with E-state index >= 15 is 0 Å². The number of anilines is 1. The van der Waals surface area contributed by atoms with Gasteiger partial charge >= 0.3 is 0 Å². The van der Waals surface area contributed by atoms with Gasteiger partial charge in [-0.1, -0.05) is 13.0 Å². The number of aromatic nitrogens is 1. The van der Waals surface area contributed by atoms with Crippen LogP contribution in [0.2, 0.25) is 0 Å². The number of hydrogen-bond acceptors (Lipinski definition) is 4. The maximum Gasteiger partial charge on any atom is 0.128 e. The molecule has 0 bridgehead atoms. The summed E-state index contributed by atoms with van der Waals surface area (Å²) in [5.74, 6) is 1.09. The van der Waals surface area contributed by atoms with Gasteiger partial charge in [-0.15, -0.1) is 0 Å². The molecule has 0 amide bonds. The molecule has 2 N–H and O–H groups in total. The Balaban J connectivity index is 2.14. The summed E-state index contributed by atoms with van der Waals surface area (Å²) in [5.41, 5.74) is 7.88. The molecule has 0 spiro atoms. The lowest BCUT2D eigenvalue weighted by molar-refractivity contribution is 0.213. The monoisotopic (exact) mass is 248 g/mol. The Hall–Kier alpha value is -1.13. The maximum absolute atomic E-state index is 5.68. The van der Waals surface area contributed by atoms with Crippen molar-refractivity contribution in [2.24, 2.45) is 5.73 Å². The van der Waals surface area contributed by atoms with E-state index in [0.29, 0.717) is 12.6 Å². The lowest BCUT2D eigenvalue weighted by Gasteiger charge is -2.39. The van der Waals surface area contributed by atoms with Crippen molar-refractivity contribution < 1.29 is 0 Å². The van der Waals surface area contributed by atoms with Gasteiger partial charge in [0.25, 0.3) is 0 Å². The molecule has 0 radical (unpaired) electrons. The fraction of sp³-hybridized carbons (Fsp3) is 0.643. The number of nitrogens with zero attached hydrogens (tertiary/aromatic N) is 3. The van der Waals surface area contributed by atoms with E-state index < -0.39 is 0 Å². The normalized spacial score (nSPS) is 21.3. The molecule has 100 valence electrons. The summed E-state index contributed by atoms with van der Waals surface area (Å²) in [7, 11) is 2.21. The van der Waals surface area contributed by atoms with Crippen LogP contribution in [0.15, 0.2) is 12.1 Å². The van der Waals surface area contributed by atoms with Crippen molar-refractivity contribution in [1.82, 2.24) is 9.88 Å². The topological polar surface area (TPSA) is 45.4 Å². The van der Waals surface area contributed by atoms with Gasteiger partial charge in [0, 0.05) is 37.9 Å². The Kier molecular flexibility index (Phi) is 4.19. The van der Waals surface area contributed by atoms with E-state index in [1.54, 1.807) is 0 Å². The van der Waals surface area contributed by atoms with Crippen LogP contribution in [0, 0.1) is 6.92 Å². The van der Waals surface area contributed by atoms with Crippen molar-refractivity contribution >= 4 is 5.82 Å². The van der Waals surface area contributed by atoms with Crippen LogP contribution in [0.25, 0.3) is 0 Å². The van der Waals surface area contributed by atoms with Crippen molar-refractivity contribution in [2.45, 2.75) is 32.9 Å². The predicted octanol–water partition coefficient (Wildman–Crippen LogP) is 1.38. The van der Waals surface area contributed by atoms with Gasteiger partial charge in [-0.05, 0) is 32.0 Å². The van der Waals surface area contributed by atoms with Crippen LogP contribution in [-0.2, 0) is 6.54 Å². The molecule has 1 saturated heterocycles. The van der Waals surface area contributed by atoms with Crippen LogP contribution in [0.4, 0.5) is 5.82 Å². The minimum Gasteiger partial charge on any atom is -0.354 e.